The van der Waals surface area contributed by atoms with Crippen molar-refractivity contribution in [2.75, 3.05) is 26.7 Å². The number of aromatic nitrogens is 2. The molecule has 23 heavy (non-hydrogen) atoms. The Morgan fingerprint density at radius 3 is 3.13 bits per heavy atom. The fourth-order valence-electron chi connectivity index (χ4n) is 2.45. The number of rotatable bonds is 4. The summed E-state index contributed by atoms with van der Waals surface area (Å²) < 4.78 is 5.23. The van der Waals surface area contributed by atoms with Crippen LogP contribution in [0.5, 0.6) is 0 Å². The van der Waals surface area contributed by atoms with E-state index in [0.29, 0.717) is 17.3 Å². The molecule has 0 saturated carbocycles. The zero-order chi connectivity index (χ0) is 16.2. The van der Waals surface area contributed by atoms with Gasteiger partial charge in [0, 0.05) is 37.8 Å². The molecule has 8 nitrogen and oxygen atoms in total. The van der Waals surface area contributed by atoms with Gasteiger partial charge in [-0.2, -0.15) is 4.98 Å². The van der Waals surface area contributed by atoms with Crippen LogP contribution in [0.25, 0.3) is 12.2 Å². The predicted molar refractivity (Wildman–Crippen MR) is 84.6 cm³/mol. The molecule has 0 spiro atoms. The zero-order valence-corrected chi connectivity index (χ0v) is 12.7. The molecule has 1 saturated heterocycles. The van der Waals surface area contributed by atoms with E-state index in [1.54, 1.807) is 24.3 Å². The van der Waals surface area contributed by atoms with Crippen LogP contribution in [0.2, 0.25) is 0 Å². The highest BCUT2D eigenvalue weighted by Gasteiger charge is 2.24. The van der Waals surface area contributed by atoms with Crippen molar-refractivity contribution >= 4 is 17.8 Å². The summed E-state index contributed by atoms with van der Waals surface area (Å²) in [5, 5.41) is 18.1. The van der Waals surface area contributed by atoms with Crippen molar-refractivity contribution < 1.29 is 9.45 Å². The molecule has 2 aromatic rings. The molecule has 8 heteroatoms. The van der Waals surface area contributed by atoms with Gasteiger partial charge in [-0.15, -0.1) is 0 Å². The number of benzene rings is 1. The highest BCUT2D eigenvalue weighted by atomic mass is 16.6. The number of likely N-dealkylation sites (N-methyl/N-ethyl adjacent to an activating group) is 1. The van der Waals surface area contributed by atoms with Crippen molar-refractivity contribution in [1.82, 2.24) is 20.4 Å². The smallest absolute Gasteiger partial charge is 0.270 e. The number of nitrogens with one attached hydrogen (secondary N) is 1. The van der Waals surface area contributed by atoms with Crippen LogP contribution >= 0.6 is 0 Å². The highest BCUT2D eigenvalue weighted by Crippen LogP contribution is 2.19. The molecule has 2 heterocycles. The fraction of sp³-hybridized carbons (Fsp3) is 0.333. The van der Waals surface area contributed by atoms with E-state index in [1.807, 2.05) is 7.05 Å². The lowest BCUT2D eigenvalue weighted by Gasteiger charge is -2.30. The highest BCUT2D eigenvalue weighted by molar-refractivity contribution is 5.67. The minimum atomic E-state index is -0.423. The van der Waals surface area contributed by atoms with Crippen molar-refractivity contribution in [3.63, 3.8) is 0 Å². The second-order valence-corrected chi connectivity index (χ2v) is 5.38. The van der Waals surface area contributed by atoms with E-state index in [9.17, 15) is 10.1 Å². The van der Waals surface area contributed by atoms with E-state index in [0.717, 1.165) is 19.6 Å². The summed E-state index contributed by atoms with van der Waals surface area (Å²) >= 11 is 0. The topological polar surface area (TPSA) is 97.3 Å². The van der Waals surface area contributed by atoms with Gasteiger partial charge in [0.15, 0.2) is 5.82 Å². The molecule has 0 bridgehead atoms. The fourth-order valence-corrected chi connectivity index (χ4v) is 2.45. The van der Waals surface area contributed by atoms with Gasteiger partial charge in [0.2, 0.25) is 0 Å². The van der Waals surface area contributed by atoms with Gasteiger partial charge in [-0.05, 0) is 18.7 Å². The third kappa shape index (κ3) is 3.61. The van der Waals surface area contributed by atoms with Crippen LogP contribution in [0, 0.1) is 10.1 Å². The van der Waals surface area contributed by atoms with Gasteiger partial charge in [-0.1, -0.05) is 17.3 Å². The second kappa shape index (κ2) is 6.67. The first-order valence-corrected chi connectivity index (χ1v) is 7.30. The summed E-state index contributed by atoms with van der Waals surface area (Å²) in [6.07, 6.45) is 3.37. The molecule has 1 aromatic carbocycles. The molecule has 0 aliphatic carbocycles. The Morgan fingerprint density at radius 1 is 1.48 bits per heavy atom. The summed E-state index contributed by atoms with van der Waals surface area (Å²) in [6, 6.07) is 6.45. The van der Waals surface area contributed by atoms with Gasteiger partial charge in [0.25, 0.3) is 11.6 Å². The Morgan fingerprint density at radius 2 is 2.35 bits per heavy atom. The minimum absolute atomic E-state index is 0.0493. The van der Waals surface area contributed by atoms with Crippen LogP contribution in [0.1, 0.15) is 23.3 Å². The van der Waals surface area contributed by atoms with E-state index in [2.05, 4.69) is 20.4 Å². The summed E-state index contributed by atoms with van der Waals surface area (Å²) in [5.74, 6) is 1.02. The van der Waals surface area contributed by atoms with Crippen LogP contribution in [-0.4, -0.2) is 46.6 Å². The zero-order valence-electron chi connectivity index (χ0n) is 12.7. The molecule has 0 radical (unpaired) electrons. The molecule has 1 aliphatic heterocycles. The predicted octanol–water partition coefficient (Wildman–Crippen LogP) is 1.72. The number of hydrogen-bond donors (Lipinski definition) is 1. The van der Waals surface area contributed by atoms with E-state index >= 15 is 0 Å². The van der Waals surface area contributed by atoms with E-state index in [4.69, 9.17) is 4.52 Å². The number of hydrogen-bond acceptors (Lipinski definition) is 7. The third-order valence-corrected chi connectivity index (χ3v) is 3.77. The Balaban J connectivity index is 1.73. The molecule has 1 atom stereocenters. The normalized spacial score (nSPS) is 19.3. The Kier molecular flexibility index (Phi) is 4.45. The summed E-state index contributed by atoms with van der Waals surface area (Å²) in [7, 11) is 2.03. The van der Waals surface area contributed by atoms with Crippen LogP contribution in [0.3, 0.4) is 0 Å². The minimum Gasteiger partial charge on any atom is -0.335 e. The van der Waals surface area contributed by atoms with Gasteiger partial charge >= 0.3 is 0 Å². The molecular weight excluding hydrogens is 298 g/mol. The molecule has 1 aliphatic rings. The summed E-state index contributed by atoms with van der Waals surface area (Å²) in [4.78, 5) is 16.9. The van der Waals surface area contributed by atoms with Crippen molar-refractivity contribution in [1.29, 1.82) is 0 Å². The van der Waals surface area contributed by atoms with Crippen molar-refractivity contribution in [3.8, 4) is 0 Å². The summed E-state index contributed by atoms with van der Waals surface area (Å²) in [6.45, 7) is 2.66. The molecule has 1 aromatic heterocycles. The van der Waals surface area contributed by atoms with Crippen LogP contribution in [0.15, 0.2) is 28.8 Å². The van der Waals surface area contributed by atoms with Crippen molar-refractivity contribution in [2.45, 2.75) is 6.04 Å². The van der Waals surface area contributed by atoms with E-state index in [1.165, 1.54) is 12.1 Å². The lowest BCUT2D eigenvalue weighted by Crippen LogP contribution is -2.44. The Bertz CT molecular complexity index is 727. The first-order valence-electron chi connectivity index (χ1n) is 7.30. The van der Waals surface area contributed by atoms with Gasteiger partial charge in [-0.3, -0.25) is 15.0 Å². The van der Waals surface area contributed by atoms with E-state index < -0.39 is 4.92 Å². The van der Waals surface area contributed by atoms with Crippen molar-refractivity contribution in [3.05, 3.63) is 51.7 Å². The quantitative estimate of drug-likeness (QED) is 0.677. The third-order valence-electron chi connectivity index (χ3n) is 3.77. The molecule has 1 unspecified atom stereocenters. The molecule has 3 rings (SSSR count). The maximum Gasteiger partial charge on any atom is 0.270 e. The molecule has 120 valence electrons. The lowest BCUT2D eigenvalue weighted by atomic mass is 10.2. The Hall–Kier alpha value is -2.58. The first kappa shape index (κ1) is 15.3. The van der Waals surface area contributed by atoms with Crippen LogP contribution < -0.4 is 5.32 Å². The number of nitro benzene ring substituents is 1. The van der Waals surface area contributed by atoms with Gasteiger partial charge in [-0.25, -0.2) is 0 Å². The van der Waals surface area contributed by atoms with Gasteiger partial charge in [0.05, 0.1) is 11.0 Å². The van der Waals surface area contributed by atoms with Crippen LogP contribution in [0.4, 0.5) is 5.69 Å². The Labute approximate surface area is 132 Å². The molecule has 0 amide bonds. The monoisotopic (exact) mass is 315 g/mol. The number of nitro groups is 1. The molecule has 1 fully saturated rings. The first-order chi connectivity index (χ1) is 11.1. The van der Waals surface area contributed by atoms with Crippen LogP contribution in [-0.2, 0) is 0 Å². The van der Waals surface area contributed by atoms with Gasteiger partial charge in [0.1, 0.15) is 0 Å². The largest absolute Gasteiger partial charge is 0.335 e. The SMILES string of the molecule is CN1CCNCC1c1noc(/C=C/c2cccc([N+](=O)[O-])c2)n1. The maximum atomic E-state index is 10.8. The van der Waals surface area contributed by atoms with E-state index in [-0.39, 0.29) is 11.7 Å². The number of piperazine rings is 1. The molecule has 1 N–H and O–H groups in total. The molecular formula is C15H17N5O3. The standard InChI is InChI=1S/C15H17N5O3/c1-19-8-7-16-10-13(19)15-17-14(23-18-15)6-5-11-3-2-4-12(9-11)20(21)22/h2-6,9,13,16H,7-8,10H2,1H3/b6-5+. The second-order valence-electron chi connectivity index (χ2n) is 5.38. The lowest BCUT2D eigenvalue weighted by molar-refractivity contribution is -0.384. The maximum absolute atomic E-state index is 10.8. The average Bonchev–Trinajstić information content (AvgIpc) is 3.02. The number of nitrogens with zero attached hydrogens (tertiary/aromatic N) is 4. The summed E-state index contributed by atoms with van der Waals surface area (Å²) in [5.41, 5.74) is 0.753. The van der Waals surface area contributed by atoms with Gasteiger partial charge < -0.3 is 9.84 Å². The van der Waals surface area contributed by atoms with Crippen molar-refractivity contribution in [2.24, 2.45) is 0 Å². The number of non-ortho nitro benzene ring substituents is 1. The average molecular weight is 315 g/mol.